The Bertz CT molecular complexity index is 636. The molecule has 0 aromatic heterocycles. The summed E-state index contributed by atoms with van der Waals surface area (Å²) in [5, 5.41) is 2.87. The summed E-state index contributed by atoms with van der Waals surface area (Å²) in [6.07, 6.45) is 0. The zero-order valence-electron chi connectivity index (χ0n) is 10.4. The number of halogens is 2. The Morgan fingerprint density at radius 2 is 2.10 bits per heavy atom. The number of anilines is 2. The molecule has 0 unspecified atom stereocenters. The quantitative estimate of drug-likeness (QED) is 0.403. The Kier molecular flexibility index (Phi) is 5.74. The number of rotatable bonds is 4. The highest BCUT2D eigenvalue weighted by molar-refractivity contribution is 14.1. The number of hydrogen-bond donors (Lipinski definition) is 2. The average molecular weight is 463 g/mol. The maximum absolute atomic E-state index is 11.9. The normalized spacial score (nSPS) is 10.3. The van der Waals surface area contributed by atoms with Crippen molar-refractivity contribution >= 4 is 67.6 Å². The minimum Gasteiger partial charge on any atom is -0.398 e. The van der Waals surface area contributed by atoms with Gasteiger partial charge in [-0.2, -0.15) is 0 Å². The highest BCUT2D eigenvalue weighted by atomic mass is 127. The molecule has 0 aliphatic heterocycles. The number of nitrogens with one attached hydrogen (secondary N) is 1. The van der Waals surface area contributed by atoms with Gasteiger partial charge in [0.1, 0.15) is 0 Å². The van der Waals surface area contributed by atoms with Crippen molar-refractivity contribution in [1.82, 2.24) is 0 Å². The van der Waals surface area contributed by atoms with E-state index in [0.717, 1.165) is 18.6 Å². The van der Waals surface area contributed by atoms with Gasteiger partial charge in [0.25, 0.3) is 0 Å². The molecule has 3 nitrogen and oxygen atoms in total. The fourth-order valence-electron chi connectivity index (χ4n) is 1.54. The zero-order chi connectivity index (χ0) is 14.5. The fraction of sp³-hybridized carbons (Fsp3) is 0.0714. The van der Waals surface area contributed by atoms with Crippen LogP contribution in [0.2, 0.25) is 0 Å². The van der Waals surface area contributed by atoms with Gasteiger partial charge in [0, 0.05) is 24.3 Å². The third-order valence-electron chi connectivity index (χ3n) is 2.44. The molecule has 1 amide bonds. The molecule has 2 aromatic carbocycles. The number of carbonyl (C=O) groups excluding carboxylic acids is 1. The van der Waals surface area contributed by atoms with Gasteiger partial charge < -0.3 is 11.1 Å². The molecule has 104 valence electrons. The summed E-state index contributed by atoms with van der Waals surface area (Å²) in [5.74, 6) is 0.280. The lowest BCUT2D eigenvalue weighted by Gasteiger charge is -2.07. The number of benzene rings is 2. The van der Waals surface area contributed by atoms with E-state index < -0.39 is 0 Å². The second kappa shape index (κ2) is 7.33. The van der Waals surface area contributed by atoms with Gasteiger partial charge in [-0.1, -0.05) is 22.0 Å². The van der Waals surface area contributed by atoms with Crippen molar-refractivity contribution < 1.29 is 4.79 Å². The molecule has 2 rings (SSSR count). The summed E-state index contributed by atoms with van der Waals surface area (Å²) in [7, 11) is 0. The Balaban J connectivity index is 1.94. The Morgan fingerprint density at radius 1 is 1.30 bits per heavy atom. The summed E-state index contributed by atoms with van der Waals surface area (Å²) in [6.45, 7) is 0. The molecule has 20 heavy (non-hydrogen) atoms. The molecule has 0 aliphatic carbocycles. The molecule has 3 N–H and O–H groups in total. The van der Waals surface area contributed by atoms with E-state index in [4.69, 9.17) is 5.73 Å². The van der Waals surface area contributed by atoms with Crippen molar-refractivity contribution in [1.29, 1.82) is 0 Å². The van der Waals surface area contributed by atoms with Crippen LogP contribution in [-0.2, 0) is 4.79 Å². The molecule has 0 heterocycles. The molecule has 0 aliphatic rings. The highest BCUT2D eigenvalue weighted by Gasteiger charge is 2.06. The summed E-state index contributed by atoms with van der Waals surface area (Å²) in [4.78, 5) is 12.8. The summed E-state index contributed by atoms with van der Waals surface area (Å²) < 4.78 is 2.04. The van der Waals surface area contributed by atoms with E-state index in [1.807, 2.05) is 42.5 Å². The first-order chi connectivity index (χ1) is 9.54. The third kappa shape index (κ3) is 4.68. The molecule has 0 radical (unpaired) electrons. The minimum atomic E-state index is -0.0450. The van der Waals surface area contributed by atoms with Crippen LogP contribution in [0.4, 0.5) is 11.4 Å². The first-order valence-corrected chi connectivity index (χ1v) is 8.63. The molecule has 0 atom stereocenters. The van der Waals surface area contributed by atoms with E-state index in [2.05, 4.69) is 43.8 Å². The van der Waals surface area contributed by atoms with Crippen molar-refractivity contribution in [2.75, 3.05) is 16.8 Å². The van der Waals surface area contributed by atoms with Crippen LogP contribution >= 0.6 is 50.3 Å². The predicted octanol–water partition coefficient (Wildman–Crippen LogP) is 4.37. The number of thioether (sulfide) groups is 1. The predicted molar refractivity (Wildman–Crippen MR) is 97.1 cm³/mol. The lowest BCUT2D eigenvalue weighted by molar-refractivity contribution is -0.113. The summed E-state index contributed by atoms with van der Waals surface area (Å²) in [5.41, 5.74) is 7.36. The number of hydrogen-bond acceptors (Lipinski definition) is 3. The SMILES string of the molecule is Nc1ccc(Br)cc1SCC(=O)Nc1cccc(I)c1. The fourth-order valence-corrected chi connectivity index (χ4v) is 3.40. The van der Waals surface area contributed by atoms with Crippen LogP contribution in [0, 0.1) is 3.57 Å². The number of amides is 1. The Morgan fingerprint density at radius 3 is 2.85 bits per heavy atom. The molecule has 6 heteroatoms. The minimum absolute atomic E-state index is 0.0450. The van der Waals surface area contributed by atoms with Crippen molar-refractivity contribution in [3.05, 3.63) is 50.5 Å². The van der Waals surface area contributed by atoms with Gasteiger partial charge in [0.15, 0.2) is 0 Å². The molecule has 2 aromatic rings. The van der Waals surface area contributed by atoms with Crippen molar-refractivity contribution in [3.63, 3.8) is 0 Å². The van der Waals surface area contributed by atoms with Crippen molar-refractivity contribution in [2.45, 2.75) is 4.90 Å². The van der Waals surface area contributed by atoms with Gasteiger partial charge in [-0.05, 0) is 59.0 Å². The van der Waals surface area contributed by atoms with E-state index >= 15 is 0 Å². The molecular formula is C14H12BrIN2OS. The standard InChI is InChI=1S/C14H12BrIN2OS/c15-9-4-5-12(17)13(6-9)20-8-14(19)18-11-3-1-2-10(16)7-11/h1-7H,8,17H2,(H,18,19). The van der Waals surface area contributed by atoms with Crippen LogP contribution in [0.1, 0.15) is 0 Å². The van der Waals surface area contributed by atoms with Gasteiger partial charge in [-0.15, -0.1) is 11.8 Å². The van der Waals surface area contributed by atoms with Crippen LogP contribution in [0.25, 0.3) is 0 Å². The first kappa shape index (κ1) is 15.7. The molecule has 0 spiro atoms. The first-order valence-electron chi connectivity index (χ1n) is 5.78. The average Bonchev–Trinajstić information content (AvgIpc) is 2.40. The van der Waals surface area contributed by atoms with Crippen LogP contribution < -0.4 is 11.1 Å². The second-order valence-corrected chi connectivity index (χ2v) is 7.21. The smallest absolute Gasteiger partial charge is 0.234 e. The molecule has 0 saturated carbocycles. The van der Waals surface area contributed by atoms with Crippen LogP contribution in [0.15, 0.2) is 51.8 Å². The second-order valence-electron chi connectivity index (χ2n) is 4.03. The molecule has 0 bridgehead atoms. The highest BCUT2D eigenvalue weighted by Crippen LogP contribution is 2.28. The van der Waals surface area contributed by atoms with Gasteiger partial charge >= 0.3 is 0 Å². The van der Waals surface area contributed by atoms with Crippen LogP contribution in [0.3, 0.4) is 0 Å². The van der Waals surface area contributed by atoms with E-state index in [1.165, 1.54) is 11.8 Å². The molecular weight excluding hydrogens is 451 g/mol. The maximum atomic E-state index is 11.9. The van der Waals surface area contributed by atoms with E-state index in [9.17, 15) is 4.79 Å². The van der Waals surface area contributed by atoms with Crippen molar-refractivity contribution in [2.24, 2.45) is 0 Å². The number of carbonyl (C=O) groups is 1. The van der Waals surface area contributed by atoms with Crippen molar-refractivity contribution in [3.8, 4) is 0 Å². The third-order valence-corrected chi connectivity index (χ3v) is 4.68. The Hall–Kier alpha value is -0.730. The monoisotopic (exact) mass is 462 g/mol. The topological polar surface area (TPSA) is 55.1 Å². The largest absolute Gasteiger partial charge is 0.398 e. The van der Waals surface area contributed by atoms with Crippen LogP contribution in [-0.4, -0.2) is 11.7 Å². The number of nitrogens with two attached hydrogens (primary N) is 1. The lowest BCUT2D eigenvalue weighted by atomic mass is 10.3. The van der Waals surface area contributed by atoms with E-state index in [-0.39, 0.29) is 5.91 Å². The van der Waals surface area contributed by atoms with Gasteiger partial charge in [0.05, 0.1) is 5.75 Å². The van der Waals surface area contributed by atoms with Crippen LogP contribution in [0.5, 0.6) is 0 Å². The maximum Gasteiger partial charge on any atom is 0.234 e. The van der Waals surface area contributed by atoms with Gasteiger partial charge in [-0.3, -0.25) is 4.79 Å². The lowest BCUT2D eigenvalue weighted by Crippen LogP contribution is -2.14. The summed E-state index contributed by atoms with van der Waals surface area (Å²) >= 11 is 7.03. The van der Waals surface area contributed by atoms with E-state index in [1.54, 1.807) is 0 Å². The molecule has 0 fully saturated rings. The van der Waals surface area contributed by atoms with Gasteiger partial charge in [0.2, 0.25) is 5.91 Å². The van der Waals surface area contributed by atoms with Gasteiger partial charge in [-0.25, -0.2) is 0 Å². The zero-order valence-corrected chi connectivity index (χ0v) is 15.0. The molecule has 0 saturated heterocycles. The number of nitrogen functional groups attached to an aromatic ring is 1. The Labute approximate surface area is 144 Å². The summed E-state index contributed by atoms with van der Waals surface area (Å²) in [6, 6.07) is 13.3. The van der Waals surface area contributed by atoms with E-state index in [0.29, 0.717) is 11.4 Å².